The van der Waals surface area contributed by atoms with Crippen molar-refractivity contribution >= 4 is 15.9 Å². The highest BCUT2D eigenvalue weighted by molar-refractivity contribution is 7.89. The number of carbonyl (C=O) groups excluding carboxylic acids is 1. The second-order valence-electron chi connectivity index (χ2n) is 6.73. The predicted octanol–water partition coefficient (Wildman–Crippen LogP) is 1.57. The van der Waals surface area contributed by atoms with Crippen molar-refractivity contribution in [2.45, 2.75) is 36.6 Å². The van der Waals surface area contributed by atoms with Gasteiger partial charge in [0, 0.05) is 38.4 Å². The summed E-state index contributed by atoms with van der Waals surface area (Å²) in [5.41, 5.74) is 1.35. The van der Waals surface area contributed by atoms with E-state index < -0.39 is 10.0 Å². The van der Waals surface area contributed by atoms with Crippen molar-refractivity contribution in [3.8, 4) is 0 Å². The third-order valence-corrected chi connectivity index (χ3v) is 6.57. The molecule has 3 rings (SSSR count). The number of sulfonamides is 1. The minimum absolute atomic E-state index is 0.132. The Hall–Kier alpha value is -2.19. The second-order valence-corrected chi connectivity index (χ2v) is 8.77. The molecule has 0 aliphatic heterocycles. The molecule has 1 aliphatic rings. The summed E-state index contributed by atoms with van der Waals surface area (Å²) in [6.07, 6.45) is 7.27. The molecule has 1 aromatic carbocycles. The van der Waals surface area contributed by atoms with Crippen molar-refractivity contribution in [2.24, 2.45) is 7.05 Å². The Morgan fingerprint density at radius 3 is 2.77 bits per heavy atom. The van der Waals surface area contributed by atoms with Crippen molar-refractivity contribution in [2.75, 3.05) is 13.6 Å². The number of benzene rings is 1. The highest BCUT2D eigenvalue weighted by Gasteiger charge is 2.24. The fourth-order valence-corrected chi connectivity index (χ4v) is 4.02. The van der Waals surface area contributed by atoms with Crippen LogP contribution in [0.2, 0.25) is 0 Å². The summed E-state index contributed by atoms with van der Waals surface area (Å²) in [6, 6.07) is 6.44. The number of aryl methyl sites for hydroxylation is 1. The fourth-order valence-electron chi connectivity index (χ4n) is 2.81. The molecule has 1 heterocycles. The van der Waals surface area contributed by atoms with Gasteiger partial charge in [0.25, 0.3) is 5.91 Å². The van der Waals surface area contributed by atoms with Crippen molar-refractivity contribution in [1.29, 1.82) is 0 Å². The largest absolute Gasteiger partial charge is 0.349 e. The quantitative estimate of drug-likeness (QED) is 0.795. The molecule has 0 radical (unpaired) electrons. The van der Waals surface area contributed by atoms with E-state index in [9.17, 15) is 13.2 Å². The Balaban J connectivity index is 1.69. The predicted molar refractivity (Wildman–Crippen MR) is 98.3 cm³/mol. The van der Waals surface area contributed by atoms with Crippen LogP contribution in [0.4, 0.5) is 0 Å². The van der Waals surface area contributed by atoms with E-state index in [1.165, 1.54) is 16.4 Å². The maximum absolute atomic E-state index is 12.8. The zero-order chi connectivity index (χ0) is 18.7. The third-order valence-electron chi connectivity index (χ3n) is 4.72. The number of hydrogen-bond acceptors (Lipinski definition) is 4. The monoisotopic (exact) mass is 376 g/mol. The highest BCUT2D eigenvalue weighted by Crippen LogP contribution is 2.20. The maximum Gasteiger partial charge on any atom is 0.251 e. The van der Waals surface area contributed by atoms with Gasteiger partial charge in [-0.2, -0.15) is 5.10 Å². The Morgan fingerprint density at radius 2 is 2.15 bits per heavy atom. The van der Waals surface area contributed by atoms with E-state index >= 15 is 0 Å². The van der Waals surface area contributed by atoms with Crippen LogP contribution in [0.25, 0.3) is 0 Å². The van der Waals surface area contributed by atoms with Crippen molar-refractivity contribution < 1.29 is 13.2 Å². The smallest absolute Gasteiger partial charge is 0.251 e. The standard InChI is InChI=1S/C18H24N4O3S/c1-21-13-14(12-19-21)9-10-22(2)26(24,25)17-8-3-5-15(11-17)18(23)20-16-6-4-7-16/h3,5,8,11-13,16H,4,6-7,9-10H2,1-2H3,(H,20,23). The lowest BCUT2D eigenvalue weighted by Gasteiger charge is -2.26. The Labute approximate surface area is 154 Å². The molecule has 8 heteroatoms. The Bertz CT molecular complexity index is 887. The number of amides is 1. The molecular formula is C18H24N4O3S. The lowest BCUT2D eigenvalue weighted by molar-refractivity contribution is 0.0916. The first-order valence-electron chi connectivity index (χ1n) is 8.71. The molecular weight excluding hydrogens is 352 g/mol. The normalized spacial score (nSPS) is 15.0. The van der Waals surface area contributed by atoms with Gasteiger partial charge in [-0.3, -0.25) is 9.48 Å². The van der Waals surface area contributed by atoms with Crippen LogP contribution in [0.3, 0.4) is 0 Å². The van der Waals surface area contributed by atoms with E-state index in [0.717, 1.165) is 24.8 Å². The molecule has 1 N–H and O–H groups in total. The summed E-state index contributed by atoms with van der Waals surface area (Å²) in [7, 11) is -0.280. The van der Waals surface area contributed by atoms with E-state index in [-0.39, 0.29) is 16.8 Å². The van der Waals surface area contributed by atoms with Gasteiger partial charge in [-0.25, -0.2) is 12.7 Å². The average molecular weight is 376 g/mol. The summed E-state index contributed by atoms with van der Waals surface area (Å²) in [5, 5.41) is 7.02. The first-order chi connectivity index (χ1) is 12.4. The SMILES string of the molecule is CN(CCc1cnn(C)c1)S(=O)(=O)c1cccc(C(=O)NC2CCC2)c1. The van der Waals surface area contributed by atoms with Gasteiger partial charge in [0.05, 0.1) is 11.1 Å². The van der Waals surface area contributed by atoms with Gasteiger partial charge in [-0.05, 0) is 49.4 Å². The summed E-state index contributed by atoms with van der Waals surface area (Å²) < 4.78 is 28.6. The van der Waals surface area contributed by atoms with Crippen LogP contribution in [0.1, 0.15) is 35.2 Å². The molecule has 0 spiro atoms. The van der Waals surface area contributed by atoms with Gasteiger partial charge in [0.15, 0.2) is 0 Å². The van der Waals surface area contributed by atoms with Crippen LogP contribution in [0.15, 0.2) is 41.6 Å². The molecule has 0 unspecified atom stereocenters. The minimum atomic E-state index is -3.65. The maximum atomic E-state index is 12.8. The summed E-state index contributed by atoms with van der Waals surface area (Å²) in [4.78, 5) is 12.4. The van der Waals surface area contributed by atoms with E-state index in [4.69, 9.17) is 0 Å². The van der Waals surface area contributed by atoms with Crippen molar-refractivity contribution in [3.63, 3.8) is 0 Å². The van der Waals surface area contributed by atoms with Gasteiger partial charge in [0.2, 0.25) is 10.0 Å². The van der Waals surface area contributed by atoms with Gasteiger partial charge < -0.3 is 5.32 Å². The van der Waals surface area contributed by atoms with Crippen LogP contribution in [0.5, 0.6) is 0 Å². The molecule has 1 saturated carbocycles. The number of aromatic nitrogens is 2. The zero-order valence-corrected chi connectivity index (χ0v) is 15.9. The number of likely N-dealkylation sites (N-methyl/N-ethyl adjacent to an activating group) is 1. The lowest BCUT2D eigenvalue weighted by atomic mass is 9.93. The van der Waals surface area contributed by atoms with Crippen LogP contribution in [0, 0.1) is 0 Å². The Kier molecular flexibility index (Phi) is 5.43. The van der Waals surface area contributed by atoms with Crippen LogP contribution in [-0.2, 0) is 23.5 Å². The fraction of sp³-hybridized carbons (Fsp3) is 0.444. The van der Waals surface area contributed by atoms with Crippen molar-refractivity contribution in [1.82, 2.24) is 19.4 Å². The Morgan fingerprint density at radius 1 is 1.38 bits per heavy atom. The number of carbonyl (C=O) groups is 1. The average Bonchev–Trinajstić information content (AvgIpc) is 3.01. The summed E-state index contributed by atoms with van der Waals surface area (Å²) >= 11 is 0. The van der Waals surface area contributed by atoms with E-state index in [1.807, 2.05) is 13.2 Å². The van der Waals surface area contributed by atoms with Gasteiger partial charge in [-0.1, -0.05) is 6.07 Å². The van der Waals surface area contributed by atoms with E-state index in [1.54, 1.807) is 30.1 Å². The van der Waals surface area contributed by atoms with Gasteiger partial charge in [-0.15, -0.1) is 0 Å². The first kappa shape index (κ1) is 18.6. The minimum Gasteiger partial charge on any atom is -0.349 e. The topological polar surface area (TPSA) is 84.3 Å². The molecule has 1 amide bonds. The van der Waals surface area contributed by atoms with Crippen LogP contribution < -0.4 is 5.32 Å². The van der Waals surface area contributed by atoms with Gasteiger partial charge >= 0.3 is 0 Å². The highest BCUT2D eigenvalue weighted by atomic mass is 32.2. The molecule has 1 aromatic heterocycles. The zero-order valence-electron chi connectivity index (χ0n) is 15.1. The van der Waals surface area contributed by atoms with Gasteiger partial charge in [0.1, 0.15) is 0 Å². The van der Waals surface area contributed by atoms with E-state index in [0.29, 0.717) is 18.5 Å². The molecule has 140 valence electrons. The third kappa shape index (κ3) is 4.13. The molecule has 1 fully saturated rings. The summed E-state index contributed by atoms with van der Waals surface area (Å²) in [5.74, 6) is -0.218. The van der Waals surface area contributed by atoms with Crippen LogP contribution in [-0.4, -0.2) is 48.0 Å². The molecule has 1 aliphatic carbocycles. The van der Waals surface area contributed by atoms with Crippen LogP contribution >= 0.6 is 0 Å². The molecule has 0 saturated heterocycles. The summed E-state index contributed by atoms with van der Waals surface area (Å²) in [6.45, 7) is 0.340. The molecule has 0 bridgehead atoms. The molecule has 26 heavy (non-hydrogen) atoms. The first-order valence-corrected chi connectivity index (χ1v) is 10.1. The number of rotatable bonds is 7. The number of hydrogen-bond donors (Lipinski definition) is 1. The second kappa shape index (κ2) is 7.59. The number of nitrogens with one attached hydrogen (secondary N) is 1. The number of nitrogens with zero attached hydrogens (tertiary/aromatic N) is 3. The molecule has 0 atom stereocenters. The molecule has 2 aromatic rings. The van der Waals surface area contributed by atoms with E-state index in [2.05, 4.69) is 10.4 Å². The lowest BCUT2D eigenvalue weighted by Crippen LogP contribution is -2.39. The molecule has 7 nitrogen and oxygen atoms in total. The van der Waals surface area contributed by atoms with Crippen molar-refractivity contribution in [3.05, 3.63) is 47.8 Å².